The Morgan fingerprint density at radius 2 is 2.00 bits per heavy atom. The maximum atomic E-state index is 14.2. The predicted molar refractivity (Wildman–Crippen MR) is 140 cm³/mol. The molecule has 0 aliphatic carbocycles. The van der Waals surface area contributed by atoms with Crippen LogP contribution < -0.4 is 0 Å². The van der Waals surface area contributed by atoms with Crippen molar-refractivity contribution in [2.45, 2.75) is 84.5 Å². The number of ether oxygens (including phenoxy) is 2. The summed E-state index contributed by atoms with van der Waals surface area (Å²) in [5.41, 5.74) is 0.486. The molecule has 8 nitrogen and oxygen atoms in total. The van der Waals surface area contributed by atoms with Gasteiger partial charge in [-0.1, -0.05) is 0 Å². The van der Waals surface area contributed by atoms with E-state index in [1.807, 2.05) is 39.2 Å². The summed E-state index contributed by atoms with van der Waals surface area (Å²) in [4.78, 5) is 30.4. The summed E-state index contributed by atoms with van der Waals surface area (Å²) in [6.07, 6.45) is 2.59. The van der Waals surface area contributed by atoms with Crippen LogP contribution in [0.3, 0.4) is 0 Å². The topological polar surface area (TPSA) is 87.8 Å². The standard InChI is InChI=1S/C28H39FN4O4/c1-19(2)33(21-10-9-13-31(18-21)27(35)37-28(3,4)5)26(34)25-23(17-30)22-16-20(29)11-12-24(22)32(25)14-7-8-15-36-6/h11-12,16,19,21H,7-10,13-15,18H2,1-6H3/t21-/m1/s1. The summed E-state index contributed by atoms with van der Waals surface area (Å²) in [6.45, 7) is 11.3. The zero-order chi connectivity index (χ0) is 27.3. The number of unbranched alkanes of at least 4 members (excludes halogenated alkanes) is 1. The SMILES string of the molecule is COCCCCn1c(C(=O)N(C(C)C)[C@@H]2CCCN(C(=O)OC(C)(C)C)C2)c(C#N)c2cc(F)ccc21. The Morgan fingerprint density at radius 3 is 2.62 bits per heavy atom. The van der Waals surface area contributed by atoms with Crippen molar-refractivity contribution in [1.82, 2.24) is 14.4 Å². The number of hydrogen-bond acceptors (Lipinski definition) is 5. The third-order valence-corrected chi connectivity index (χ3v) is 6.55. The molecule has 0 unspecified atom stereocenters. The largest absolute Gasteiger partial charge is 0.444 e. The zero-order valence-electron chi connectivity index (χ0n) is 22.8. The van der Waals surface area contributed by atoms with Gasteiger partial charge in [0.25, 0.3) is 5.91 Å². The Bertz CT molecular complexity index is 1160. The summed E-state index contributed by atoms with van der Waals surface area (Å²) in [5.74, 6) is -0.744. The quantitative estimate of drug-likeness (QED) is 0.445. The summed E-state index contributed by atoms with van der Waals surface area (Å²) in [7, 11) is 1.64. The van der Waals surface area contributed by atoms with E-state index in [9.17, 15) is 19.2 Å². The fourth-order valence-electron chi connectivity index (χ4n) is 5.03. The summed E-state index contributed by atoms with van der Waals surface area (Å²) in [6, 6.07) is 6.05. The lowest BCUT2D eigenvalue weighted by Crippen LogP contribution is -2.54. The van der Waals surface area contributed by atoms with Crippen LogP contribution >= 0.6 is 0 Å². The molecule has 202 valence electrons. The van der Waals surface area contributed by atoms with E-state index in [0.29, 0.717) is 37.1 Å². The van der Waals surface area contributed by atoms with E-state index in [2.05, 4.69) is 6.07 Å². The molecular weight excluding hydrogens is 475 g/mol. The maximum absolute atomic E-state index is 14.2. The van der Waals surface area contributed by atoms with Gasteiger partial charge in [-0.3, -0.25) is 4.79 Å². The number of nitriles is 1. The van der Waals surface area contributed by atoms with Gasteiger partial charge in [0.2, 0.25) is 0 Å². The van der Waals surface area contributed by atoms with Gasteiger partial charge in [0.15, 0.2) is 0 Å². The molecule has 0 spiro atoms. The lowest BCUT2D eigenvalue weighted by molar-refractivity contribution is 0.00733. The van der Waals surface area contributed by atoms with Crippen LogP contribution in [0, 0.1) is 17.1 Å². The van der Waals surface area contributed by atoms with Crippen LogP contribution in [0.4, 0.5) is 9.18 Å². The first-order valence-electron chi connectivity index (χ1n) is 13.0. The van der Waals surface area contributed by atoms with Gasteiger partial charge >= 0.3 is 6.09 Å². The van der Waals surface area contributed by atoms with Crippen molar-refractivity contribution in [3.63, 3.8) is 0 Å². The van der Waals surface area contributed by atoms with Crippen molar-refractivity contribution in [3.8, 4) is 6.07 Å². The van der Waals surface area contributed by atoms with Crippen LogP contribution in [-0.4, -0.2) is 70.9 Å². The molecule has 1 fully saturated rings. The highest BCUT2D eigenvalue weighted by atomic mass is 19.1. The molecule has 1 saturated heterocycles. The number of aromatic nitrogens is 1. The minimum Gasteiger partial charge on any atom is -0.444 e. The highest BCUT2D eigenvalue weighted by molar-refractivity contribution is 6.03. The van der Waals surface area contributed by atoms with Crippen molar-refractivity contribution in [1.29, 1.82) is 5.26 Å². The Kier molecular flexibility index (Phi) is 9.19. The summed E-state index contributed by atoms with van der Waals surface area (Å²) >= 11 is 0. The van der Waals surface area contributed by atoms with Gasteiger partial charge in [-0.25, -0.2) is 9.18 Å². The molecule has 2 amide bonds. The highest BCUT2D eigenvalue weighted by Crippen LogP contribution is 2.31. The minimum absolute atomic E-state index is 0.177. The third kappa shape index (κ3) is 6.61. The van der Waals surface area contributed by atoms with Gasteiger partial charge in [0, 0.05) is 44.8 Å². The number of carbonyl (C=O) groups is 2. The predicted octanol–water partition coefficient (Wildman–Crippen LogP) is 5.33. The van der Waals surface area contributed by atoms with Crippen molar-refractivity contribution in [2.24, 2.45) is 0 Å². The number of methoxy groups -OCH3 is 1. The number of piperidine rings is 1. The second-order valence-electron chi connectivity index (χ2n) is 10.9. The summed E-state index contributed by atoms with van der Waals surface area (Å²) in [5, 5.41) is 10.5. The van der Waals surface area contributed by atoms with Gasteiger partial charge in [-0.2, -0.15) is 5.26 Å². The molecule has 3 rings (SSSR count). The minimum atomic E-state index is -0.613. The highest BCUT2D eigenvalue weighted by Gasteiger charge is 2.36. The van der Waals surface area contributed by atoms with Crippen LogP contribution in [-0.2, 0) is 16.0 Å². The molecule has 2 aromatic rings. The molecule has 0 saturated carbocycles. The number of benzene rings is 1. The van der Waals surface area contributed by atoms with E-state index in [4.69, 9.17) is 9.47 Å². The second kappa shape index (κ2) is 12.0. The molecule has 1 aliphatic heterocycles. The molecule has 1 aromatic carbocycles. The van der Waals surface area contributed by atoms with Crippen molar-refractivity contribution >= 4 is 22.9 Å². The van der Waals surface area contributed by atoms with E-state index in [-0.39, 0.29) is 29.2 Å². The molecule has 1 aromatic heterocycles. The summed E-state index contributed by atoms with van der Waals surface area (Å²) < 4.78 is 26.8. The number of likely N-dealkylation sites (tertiary alicyclic amines) is 1. The Labute approximate surface area is 218 Å². The van der Waals surface area contributed by atoms with Crippen molar-refractivity contribution in [2.75, 3.05) is 26.8 Å². The van der Waals surface area contributed by atoms with E-state index in [0.717, 1.165) is 25.7 Å². The number of aryl methyl sites for hydroxylation is 1. The zero-order valence-corrected chi connectivity index (χ0v) is 22.8. The number of carbonyl (C=O) groups excluding carboxylic acids is 2. The van der Waals surface area contributed by atoms with Gasteiger partial charge in [0.1, 0.15) is 23.2 Å². The van der Waals surface area contributed by atoms with Crippen LogP contribution in [0.2, 0.25) is 0 Å². The molecule has 9 heteroatoms. The Hall–Kier alpha value is -3.12. The van der Waals surface area contributed by atoms with E-state index < -0.39 is 17.5 Å². The number of rotatable bonds is 8. The fourth-order valence-corrected chi connectivity index (χ4v) is 5.03. The lowest BCUT2D eigenvalue weighted by Gasteiger charge is -2.41. The van der Waals surface area contributed by atoms with Gasteiger partial charge in [-0.15, -0.1) is 0 Å². The van der Waals surface area contributed by atoms with Crippen LogP contribution in [0.1, 0.15) is 76.4 Å². The monoisotopic (exact) mass is 514 g/mol. The van der Waals surface area contributed by atoms with Crippen molar-refractivity contribution < 1.29 is 23.5 Å². The van der Waals surface area contributed by atoms with Crippen LogP contribution in [0.5, 0.6) is 0 Å². The molecule has 0 radical (unpaired) electrons. The number of hydrogen-bond donors (Lipinski definition) is 0. The number of nitrogens with zero attached hydrogens (tertiary/aromatic N) is 4. The molecule has 1 atom stereocenters. The first-order valence-corrected chi connectivity index (χ1v) is 13.0. The molecule has 0 bridgehead atoms. The average Bonchev–Trinajstić information content (AvgIpc) is 3.13. The average molecular weight is 515 g/mol. The van der Waals surface area contributed by atoms with E-state index in [1.54, 1.807) is 23.0 Å². The molecular formula is C28H39FN4O4. The maximum Gasteiger partial charge on any atom is 0.410 e. The van der Waals surface area contributed by atoms with Gasteiger partial charge < -0.3 is 23.8 Å². The molecule has 1 aliphatic rings. The van der Waals surface area contributed by atoms with Crippen molar-refractivity contribution in [3.05, 3.63) is 35.3 Å². The first-order chi connectivity index (χ1) is 17.5. The number of fused-ring (bicyclic) bond motifs is 1. The molecule has 0 N–H and O–H groups in total. The normalized spacial score (nSPS) is 16.2. The lowest BCUT2D eigenvalue weighted by atomic mass is 10.0. The van der Waals surface area contributed by atoms with Gasteiger partial charge in [-0.05, 0) is 78.5 Å². The number of amides is 2. The van der Waals surface area contributed by atoms with Crippen LogP contribution in [0.15, 0.2) is 18.2 Å². The molecule has 2 heterocycles. The first kappa shape index (κ1) is 28.5. The Morgan fingerprint density at radius 1 is 1.27 bits per heavy atom. The number of halogens is 1. The Balaban J connectivity index is 2.00. The molecule has 37 heavy (non-hydrogen) atoms. The van der Waals surface area contributed by atoms with Gasteiger partial charge in [0.05, 0.1) is 17.1 Å². The fraction of sp³-hybridized carbons (Fsp3) is 0.607. The van der Waals surface area contributed by atoms with E-state index in [1.165, 1.54) is 12.1 Å². The second-order valence-corrected chi connectivity index (χ2v) is 10.9. The van der Waals surface area contributed by atoms with Crippen LogP contribution in [0.25, 0.3) is 10.9 Å². The van der Waals surface area contributed by atoms with E-state index >= 15 is 0 Å². The smallest absolute Gasteiger partial charge is 0.410 e. The third-order valence-electron chi connectivity index (χ3n) is 6.55.